The van der Waals surface area contributed by atoms with Crippen LogP contribution in [0.15, 0.2) is 109 Å². The van der Waals surface area contributed by atoms with Gasteiger partial charge in [-0.3, -0.25) is 19.2 Å². The van der Waals surface area contributed by atoms with Crippen molar-refractivity contribution in [1.82, 2.24) is 10.0 Å². The number of hydrogen-bond acceptors (Lipinski definition) is 6. The van der Waals surface area contributed by atoms with Crippen LogP contribution < -0.4 is 9.80 Å². The number of carbonyl (C=O) groups is 4. The van der Waals surface area contributed by atoms with Gasteiger partial charge in [0.2, 0.25) is 11.8 Å². The molecule has 4 aliphatic rings. The highest BCUT2D eigenvalue weighted by Gasteiger charge is 2.73. The van der Waals surface area contributed by atoms with Crippen LogP contribution in [-0.4, -0.2) is 45.7 Å². The molecule has 8 rings (SSSR count). The lowest BCUT2D eigenvalue weighted by Crippen LogP contribution is -2.50. The smallest absolute Gasteiger partial charge is 0.274 e. The Balaban J connectivity index is 1.29. The number of hydrazine groups is 1. The van der Waals surface area contributed by atoms with E-state index in [4.69, 9.17) is 0 Å². The molecule has 0 saturated carbocycles. The summed E-state index contributed by atoms with van der Waals surface area (Å²) in [7, 11) is 0. The molecule has 0 spiro atoms. The molecular formula is C36H24F6N4O4. The number of rotatable bonds is 4. The average molecular weight is 691 g/mol. The van der Waals surface area contributed by atoms with Crippen LogP contribution in [0.5, 0.6) is 0 Å². The summed E-state index contributed by atoms with van der Waals surface area (Å²) in [6, 6.07) is 19.8. The Hall–Kier alpha value is -5.34. The minimum atomic E-state index is -4.75. The molecule has 0 aliphatic carbocycles. The Bertz CT molecular complexity index is 1910. The molecule has 14 heteroatoms. The predicted molar refractivity (Wildman–Crippen MR) is 164 cm³/mol. The molecular weight excluding hydrogens is 666 g/mol. The minimum Gasteiger partial charge on any atom is -0.274 e. The Labute approximate surface area is 280 Å². The molecule has 4 fully saturated rings. The number of alkyl halides is 6. The maximum atomic E-state index is 14.4. The van der Waals surface area contributed by atoms with Gasteiger partial charge < -0.3 is 0 Å². The van der Waals surface area contributed by atoms with E-state index in [0.29, 0.717) is 11.1 Å². The highest BCUT2D eigenvalue weighted by Crippen LogP contribution is 2.60. The molecule has 4 amide bonds. The molecule has 4 aromatic carbocycles. The van der Waals surface area contributed by atoms with Crippen molar-refractivity contribution in [2.24, 2.45) is 11.8 Å². The molecule has 4 heterocycles. The zero-order valence-corrected chi connectivity index (χ0v) is 25.5. The van der Waals surface area contributed by atoms with E-state index in [1.54, 1.807) is 60.7 Å². The number of fused-ring (bicyclic) bond motifs is 5. The van der Waals surface area contributed by atoms with Crippen LogP contribution >= 0.6 is 0 Å². The highest BCUT2D eigenvalue weighted by atomic mass is 19.4. The fraction of sp³-hybridized carbons (Fsp3) is 0.222. The van der Waals surface area contributed by atoms with E-state index >= 15 is 0 Å². The van der Waals surface area contributed by atoms with Gasteiger partial charge in [-0.25, -0.2) is 19.8 Å². The van der Waals surface area contributed by atoms with Crippen LogP contribution in [0, 0.1) is 11.8 Å². The molecule has 4 aromatic rings. The van der Waals surface area contributed by atoms with Crippen molar-refractivity contribution in [2.45, 2.75) is 36.5 Å². The van der Waals surface area contributed by atoms with E-state index in [9.17, 15) is 45.5 Å². The van der Waals surface area contributed by atoms with Crippen LogP contribution in [-0.2, 0) is 31.5 Å². The number of hydrogen-bond donors (Lipinski definition) is 0. The van der Waals surface area contributed by atoms with Crippen molar-refractivity contribution < 1.29 is 45.5 Å². The van der Waals surface area contributed by atoms with Gasteiger partial charge >= 0.3 is 12.4 Å². The van der Waals surface area contributed by atoms with Crippen molar-refractivity contribution >= 4 is 35.0 Å². The van der Waals surface area contributed by atoms with Crippen LogP contribution in [0.25, 0.3) is 0 Å². The lowest BCUT2D eigenvalue weighted by Gasteiger charge is -2.35. The first-order valence-corrected chi connectivity index (χ1v) is 15.6. The largest absolute Gasteiger partial charge is 0.416 e. The third kappa shape index (κ3) is 4.62. The zero-order valence-electron chi connectivity index (χ0n) is 25.5. The monoisotopic (exact) mass is 690 g/mol. The van der Waals surface area contributed by atoms with Gasteiger partial charge in [0.25, 0.3) is 11.8 Å². The molecule has 4 aliphatic heterocycles. The van der Waals surface area contributed by atoms with Gasteiger partial charge in [0.1, 0.15) is 12.1 Å². The van der Waals surface area contributed by atoms with Crippen molar-refractivity contribution in [3.8, 4) is 0 Å². The van der Waals surface area contributed by atoms with Gasteiger partial charge in [0.05, 0.1) is 46.4 Å². The SMILES string of the molecule is O=C1[C@@H]2[C@@H](C(=O)N1c1cccc(C(F)(F)F)c1)N1[C@H](c3ccccc3)[C@@H]3C(=O)N(c4cccc(C(F)(F)F)c4)C(=O)[C@@H]3N1[C@@H]2c1ccccc1. The first-order chi connectivity index (χ1) is 23.8. The summed E-state index contributed by atoms with van der Waals surface area (Å²) >= 11 is 0. The summed E-state index contributed by atoms with van der Waals surface area (Å²) < 4.78 is 82.1. The average Bonchev–Trinajstić information content (AvgIpc) is 3.76. The van der Waals surface area contributed by atoms with Gasteiger partial charge in [0.15, 0.2) is 0 Å². The van der Waals surface area contributed by atoms with Gasteiger partial charge in [-0.1, -0.05) is 72.8 Å². The van der Waals surface area contributed by atoms with E-state index in [-0.39, 0.29) is 11.4 Å². The van der Waals surface area contributed by atoms with E-state index in [0.717, 1.165) is 46.2 Å². The third-order valence-electron chi connectivity index (χ3n) is 9.87. The van der Waals surface area contributed by atoms with Crippen molar-refractivity contribution in [3.63, 3.8) is 0 Å². The lowest BCUT2D eigenvalue weighted by atomic mass is 9.84. The Kier molecular flexibility index (Phi) is 7.07. The van der Waals surface area contributed by atoms with Gasteiger partial charge in [0, 0.05) is 0 Å². The van der Waals surface area contributed by atoms with E-state index in [1.807, 2.05) is 0 Å². The Morgan fingerprint density at radius 1 is 0.420 bits per heavy atom. The van der Waals surface area contributed by atoms with Gasteiger partial charge in [-0.2, -0.15) is 26.3 Å². The first-order valence-electron chi connectivity index (χ1n) is 15.6. The number of benzene rings is 4. The van der Waals surface area contributed by atoms with E-state index < -0.39 is 83.1 Å². The molecule has 6 atom stereocenters. The molecule has 8 nitrogen and oxygen atoms in total. The zero-order chi connectivity index (χ0) is 35.3. The topological polar surface area (TPSA) is 81.2 Å². The number of anilines is 2. The summed E-state index contributed by atoms with van der Waals surface area (Å²) in [5, 5.41) is 3.06. The highest BCUT2D eigenvalue weighted by molar-refractivity contribution is 6.26. The second kappa shape index (κ2) is 11.1. The molecule has 254 valence electrons. The van der Waals surface area contributed by atoms with Crippen molar-refractivity contribution in [2.75, 3.05) is 9.80 Å². The molecule has 0 radical (unpaired) electrons. The summed E-state index contributed by atoms with van der Waals surface area (Å²) in [4.78, 5) is 59.1. The van der Waals surface area contributed by atoms with E-state index in [1.165, 1.54) is 22.2 Å². The first kappa shape index (κ1) is 31.9. The summed E-state index contributed by atoms with van der Waals surface area (Å²) in [5.74, 6) is -5.71. The molecule has 0 bridgehead atoms. The summed E-state index contributed by atoms with van der Waals surface area (Å²) in [5.41, 5.74) is -1.69. The summed E-state index contributed by atoms with van der Waals surface area (Å²) in [6.07, 6.45) is -9.50. The molecule has 50 heavy (non-hydrogen) atoms. The number of amides is 4. The van der Waals surface area contributed by atoms with Crippen LogP contribution in [0.3, 0.4) is 0 Å². The lowest BCUT2D eigenvalue weighted by molar-refractivity contribution is -0.138. The maximum Gasteiger partial charge on any atom is 0.416 e. The Morgan fingerprint density at radius 3 is 1.12 bits per heavy atom. The van der Waals surface area contributed by atoms with Gasteiger partial charge in [-0.05, 0) is 47.5 Å². The van der Waals surface area contributed by atoms with Crippen molar-refractivity contribution in [3.05, 3.63) is 131 Å². The molecule has 0 N–H and O–H groups in total. The summed E-state index contributed by atoms with van der Waals surface area (Å²) in [6.45, 7) is 0. The molecule has 0 unspecified atom stereocenters. The second-order valence-electron chi connectivity index (χ2n) is 12.5. The minimum absolute atomic E-state index is 0.277. The number of halogens is 6. The van der Waals surface area contributed by atoms with Gasteiger partial charge in [-0.15, -0.1) is 0 Å². The second-order valence-corrected chi connectivity index (χ2v) is 12.5. The van der Waals surface area contributed by atoms with Crippen molar-refractivity contribution in [1.29, 1.82) is 0 Å². The number of imide groups is 2. The van der Waals surface area contributed by atoms with Crippen LogP contribution in [0.4, 0.5) is 37.7 Å². The molecule has 4 saturated heterocycles. The van der Waals surface area contributed by atoms with Crippen LogP contribution in [0.2, 0.25) is 0 Å². The molecule has 0 aromatic heterocycles. The predicted octanol–water partition coefficient (Wildman–Crippen LogP) is 6.17. The van der Waals surface area contributed by atoms with Crippen LogP contribution in [0.1, 0.15) is 34.3 Å². The Morgan fingerprint density at radius 2 is 0.780 bits per heavy atom. The quantitative estimate of drug-likeness (QED) is 0.188. The fourth-order valence-electron chi connectivity index (χ4n) is 7.95. The fourth-order valence-corrected chi connectivity index (χ4v) is 7.95. The number of nitrogens with zero attached hydrogens (tertiary/aromatic N) is 4. The standard InChI is InChI=1S/C36H24F6N4O4/c37-35(38,39)21-13-7-15-23(17-21)43-31(47)25-27(19-9-3-1-4-10-19)45-30-26(28(20-11-5-2-6-12-20)46(45)29(25)33(43)49)32(48)44(34(30)50)24-16-8-14-22(18-24)36(40,41)42/h1-18,25-30H/t25-,26-,27+,28+,29-,30+/m0/s1. The van der Waals surface area contributed by atoms with E-state index in [2.05, 4.69) is 0 Å². The third-order valence-corrected chi connectivity index (χ3v) is 9.87. The number of carbonyl (C=O) groups excluding carboxylic acids is 4. The maximum absolute atomic E-state index is 14.4. The normalized spacial score (nSPS) is 26.9.